The molecule has 0 spiro atoms. The van der Waals surface area contributed by atoms with E-state index in [1.165, 1.54) is 165 Å². The van der Waals surface area contributed by atoms with E-state index in [4.69, 9.17) is 62.3 Å². The molecule has 20 heterocycles. The molecule has 32 rings (SSSR count). The molecule has 147 heavy (non-hydrogen) atoms. The molecule has 0 aromatic carbocycles. The standard InChI is InChI=1S/C29H34FN7O.C28H31FN6O2.C28H31FN6O.C28H27FN6O/c1-17-18-3-5-19(6-4-18)27(17)34-25-14-23(24-7-8-26(38-24)37-11-9-36(2)10-12-37)33-29(35-25)22-16-32-28-21(22)13-20(30)15-31-28;1-16-17-2-4-18(5-3-17)26(16)33-24-13-22(23-6-7-25(37-23)35-8-10-36-11-9-35)32-28(34-24)21-15-31-27-20(21)12-19(29)14-30-27;2*1-16-17-4-6-18(7-5-17)26(16)33-24-13-22(23-8-9-25(36-23)35-10-2-3-11-35)32-28(34-24)21-15-31-27-20(21)12-19(29)14-30-27/h7-8,13-19,27H,3-6,9-12H2,1-2H3,(H,31,32)(H,33,34,35);6-7,12-18,26H,2-5,8-11H2,1H3,(H,30,31)(H,32,33,34);8-9,12-18,26H,2-7,10-11H2,1H3,(H,30,31)(H,32,33,34);2-3,8-18,26H,4-7H2,1H3,(H,30,31)(H,32,33,34). The predicted octanol–water partition coefficient (Wildman–Crippen LogP) is 23.6. The van der Waals surface area contributed by atoms with Gasteiger partial charge in [0.2, 0.25) is 5.88 Å². The summed E-state index contributed by atoms with van der Waals surface area (Å²) in [6.07, 6.45) is 39.1. The van der Waals surface area contributed by atoms with Crippen molar-refractivity contribution in [2.24, 2.45) is 71.0 Å². The summed E-state index contributed by atoms with van der Waals surface area (Å²) in [6.45, 7) is 18.4. The maximum absolute atomic E-state index is 14.1. The van der Waals surface area contributed by atoms with Gasteiger partial charge in [0, 0.05) is 206 Å². The fourth-order valence-corrected chi connectivity index (χ4v) is 26.2. The third kappa shape index (κ3) is 19.0. The van der Waals surface area contributed by atoms with Gasteiger partial charge >= 0.3 is 0 Å². The van der Waals surface area contributed by atoms with Crippen molar-refractivity contribution >= 4 is 85.1 Å². The van der Waals surface area contributed by atoms with E-state index in [-0.39, 0.29) is 11.6 Å². The average molecular weight is 1990 g/mol. The Balaban J connectivity index is 0.000000102. The number of halogens is 4. The number of nitrogens with one attached hydrogen (secondary N) is 8. The lowest BCUT2D eigenvalue weighted by Crippen LogP contribution is -2.47. The Morgan fingerprint density at radius 3 is 0.864 bits per heavy atom. The minimum atomic E-state index is -0.396. The van der Waals surface area contributed by atoms with Gasteiger partial charge in [-0.15, -0.1) is 0 Å². The van der Waals surface area contributed by atoms with Gasteiger partial charge in [-0.1, -0.05) is 27.7 Å². The first-order chi connectivity index (χ1) is 71.9. The Labute approximate surface area is 848 Å². The topological polar surface area (TPSA) is 346 Å². The molecule has 758 valence electrons. The number of ether oxygens (including phenoxy) is 1. The van der Waals surface area contributed by atoms with Crippen LogP contribution in [0.5, 0.6) is 0 Å². The van der Waals surface area contributed by atoms with Crippen LogP contribution in [0.25, 0.3) is 141 Å². The Morgan fingerprint density at radius 1 is 0.306 bits per heavy atom. The quantitative estimate of drug-likeness (QED) is 0.0329. The molecule has 3 aliphatic heterocycles. The first kappa shape index (κ1) is 93.8. The average Bonchev–Trinajstić information content (AvgIpc) is 1.72. The highest BCUT2D eigenvalue weighted by Crippen LogP contribution is 2.52. The molecular formula is C113H123F4N25O5. The second kappa shape index (κ2) is 39.8. The number of aromatic nitrogens is 17. The Bertz CT molecular complexity index is 7550. The van der Waals surface area contributed by atoms with Gasteiger partial charge in [0.25, 0.3) is 0 Å². The molecule has 15 aliphatic rings. The number of furan rings is 4. The fraction of sp³-hybridized carbons (Fsp3) is 0.434. The number of likely N-dealkylation sites (N-methyl/N-ethyl adjacent to an activating group) is 1. The van der Waals surface area contributed by atoms with Gasteiger partial charge in [0.05, 0.1) is 38.0 Å². The van der Waals surface area contributed by atoms with Crippen LogP contribution in [-0.2, 0) is 4.74 Å². The van der Waals surface area contributed by atoms with Gasteiger partial charge < -0.3 is 83.2 Å². The zero-order valence-electron chi connectivity index (χ0n) is 83.4. The summed E-state index contributed by atoms with van der Waals surface area (Å²) in [6, 6.07) is 35.1. The highest BCUT2D eigenvalue weighted by molar-refractivity contribution is 5.95. The van der Waals surface area contributed by atoms with Gasteiger partial charge in [-0.25, -0.2) is 77.4 Å². The largest absolute Gasteiger partial charge is 0.439 e. The zero-order chi connectivity index (χ0) is 99.2. The first-order valence-corrected chi connectivity index (χ1v) is 53.1. The van der Waals surface area contributed by atoms with E-state index in [0.29, 0.717) is 209 Å². The number of piperazine rings is 1. The maximum Gasteiger partial charge on any atom is 0.204 e. The normalized spacial score (nSPS) is 25.1. The van der Waals surface area contributed by atoms with E-state index >= 15 is 0 Å². The summed E-state index contributed by atoms with van der Waals surface area (Å²) in [5.74, 6) is 17.7. The molecule has 17 aromatic heterocycles. The lowest BCUT2D eigenvalue weighted by Gasteiger charge is -2.47. The number of H-pyrrole nitrogens is 4. The number of nitrogens with zero attached hydrogens (tertiary/aromatic N) is 17. The Hall–Kier alpha value is -14.3. The monoisotopic (exact) mass is 1990 g/mol. The third-order valence-electron chi connectivity index (χ3n) is 34.4. The molecule has 8 bridgehead atoms. The zero-order valence-corrected chi connectivity index (χ0v) is 83.4. The van der Waals surface area contributed by atoms with Gasteiger partial charge in [0.1, 0.15) is 91.9 Å². The van der Waals surface area contributed by atoms with Crippen LogP contribution in [0.1, 0.15) is 143 Å². The molecule has 8 unspecified atom stereocenters. The van der Waals surface area contributed by atoms with Crippen LogP contribution in [0.4, 0.5) is 58.5 Å². The van der Waals surface area contributed by atoms with Crippen LogP contribution < -0.4 is 36.0 Å². The SMILES string of the molecule is CC1C2CCC(CC2)C1Nc1cc(-c2ccc(-n3cccc3)o2)nc(-c2c[nH]c3ncc(F)cc23)n1.CC1C2CCC(CC2)C1Nc1cc(-c2ccc(N3CCCC3)o2)nc(-c2c[nH]c3ncc(F)cc23)n1.CC1C2CCC(CC2)C1Nc1cc(-c2ccc(N3CCN(C)CC3)o2)nc(-c2c[nH]c3ncc(F)cc23)n1.CC1C2CCC(CC2)C1Nc1cc(-c2ccc(N3CCOCC3)o2)nc(-c2c[nH]c3ncc(F)cc23)n1. The number of morpholine rings is 1. The highest BCUT2D eigenvalue weighted by Gasteiger charge is 2.46. The van der Waals surface area contributed by atoms with Crippen molar-refractivity contribution < 1.29 is 40.0 Å². The van der Waals surface area contributed by atoms with Crippen LogP contribution >= 0.6 is 0 Å². The fourth-order valence-electron chi connectivity index (χ4n) is 26.2. The van der Waals surface area contributed by atoms with Crippen molar-refractivity contribution in [3.63, 3.8) is 0 Å². The van der Waals surface area contributed by atoms with E-state index < -0.39 is 11.6 Å². The van der Waals surface area contributed by atoms with Crippen LogP contribution in [0.2, 0.25) is 0 Å². The number of fused-ring (bicyclic) bond motifs is 16. The van der Waals surface area contributed by atoms with E-state index in [0.717, 1.165) is 134 Å². The number of rotatable bonds is 20. The number of hydrogen-bond donors (Lipinski definition) is 8. The van der Waals surface area contributed by atoms with E-state index in [2.05, 4.69) is 115 Å². The molecule has 3 saturated heterocycles. The van der Waals surface area contributed by atoms with E-state index in [9.17, 15) is 17.6 Å². The molecule has 0 amide bonds. The number of aromatic amines is 4. The first-order valence-electron chi connectivity index (χ1n) is 53.1. The lowest BCUT2D eigenvalue weighted by molar-refractivity contribution is 0.0928. The predicted molar refractivity (Wildman–Crippen MR) is 561 cm³/mol. The third-order valence-corrected chi connectivity index (χ3v) is 34.4. The van der Waals surface area contributed by atoms with Gasteiger partial charge in [-0.3, -0.25) is 4.57 Å². The second-order valence-corrected chi connectivity index (χ2v) is 42.9. The molecule has 8 atom stereocenters. The Kier molecular flexibility index (Phi) is 25.4. The van der Waals surface area contributed by atoms with E-state index in [1.54, 1.807) is 12.4 Å². The molecular weight excluding hydrogens is 1860 g/mol. The smallest absolute Gasteiger partial charge is 0.204 e. The summed E-state index contributed by atoms with van der Waals surface area (Å²) in [5.41, 5.74) is 8.10. The summed E-state index contributed by atoms with van der Waals surface area (Å²) < 4.78 is 88.8. The van der Waals surface area contributed by atoms with Crippen LogP contribution in [-0.4, -0.2) is 186 Å². The summed E-state index contributed by atoms with van der Waals surface area (Å²) in [7, 11) is 2.15. The van der Waals surface area contributed by atoms with Gasteiger partial charge in [-0.05, 0) is 254 Å². The van der Waals surface area contributed by atoms with Crippen LogP contribution in [0.3, 0.4) is 0 Å². The molecule has 17 aromatic rings. The minimum absolute atomic E-state index is 0.377. The number of hydrogen-bond acceptors (Lipinski definition) is 25. The van der Waals surface area contributed by atoms with Crippen molar-refractivity contribution in [1.29, 1.82) is 0 Å². The minimum Gasteiger partial charge on any atom is -0.439 e. The molecule has 12 saturated carbocycles. The molecule has 34 heteroatoms. The molecule has 8 N–H and O–H groups in total. The van der Waals surface area contributed by atoms with Crippen molar-refractivity contribution in [1.82, 2.24) is 89.2 Å². The number of pyridine rings is 4. The highest BCUT2D eigenvalue weighted by atomic mass is 19.1. The summed E-state index contributed by atoms with van der Waals surface area (Å²) in [5, 5.41) is 17.8. The Morgan fingerprint density at radius 2 is 0.571 bits per heavy atom. The molecule has 12 aliphatic carbocycles. The second-order valence-electron chi connectivity index (χ2n) is 42.9. The van der Waals surface area contributed by atoms with Crippen LogP contribution in [0, 0.1) is 94.3 Å². The summed E-state index contributed by atoms with van der Waals surface area (Å²) in [4.78, 5) is 77.6. The van der Waals surface area contributed by atoms with Crippen molar-refractivity contribution in [3.8, 4) is 97.3 Å². The molecule has 15 fully saturated rings. The maximum atomic E-state index is 14.1. The van der Waals surface area contributed by atoms with Gasteiger partial charge in [0.15, 0.2) is 64.0 Å². The van der Waals surface area contributed by atoms with Crippen LogP contribution in [0.15, 0.2) is 189 Å². The van der Waals surface area contributed by atoms with Crippen molar-refractivity contribution in [3.05, 3.63) is 194 Å². The van der Waals surface area contributed by atoms with E-state index in [1.807, 2.05) is 114 Å². The van der Waals surface area contributed by atoms with Gasteiger partial charge in [-0.2, -0.15) is 0 Å². The number of anilines is 7. The van der Waals surface area contributed by atoms with Crippen molar-refractivity contribution in [2.75, 3.05) is 109 Å². The molecule has 0 radical (unpaired) electrons. The summed E-state index contributed by atoms with van der Waals surface area (Å²) >= 11 is 0. The lowest BCUT2D eigenvalue weighted by atomic mass is 9.62. The molecule has 30 nitrogen and oxygen atoms in total. The van der Waals surface area contributed by atoms with Crippen molar-refractivity contribution in [2.45, 2.75) is 167 Å².